The van der Waals surface area contributed by atoms with E-state index in [1.54, 1.807) is 17.7 Å². The van der Waals surface area contributed by atoms with Gasteiger partial charge in [-0.05, 0) is 35.9 Å². The highest BCUT2D eigenvalue weighted by atomic mass is 32.1. The van der Waals surface area contributed by atoms with Crippen molar-refractivity contribution in [3.8, 4) is 0 Å². The van der Waals surface area contributed by atoms with Crippen molar-refractivity contribution in [3.63, 3.8) is 0 Å². The number of hydrogen-bond acceptors (Lipinski definition) is 5. The van der Waals surface area contributed by atoms with Gasteiger partial charge in [-0.1, -0.05) is 24.3 Å². The third-order valence-corrected chi connectivity index (χ3v) is 4.69. The predicted octanol–water partition coefficient (Wildman–Crippen LogP) is 3.63. The zero-order valence-electron chi connectivity index (χ0n) is 12.1. The number of thiophene rings is 1. The molecule has 21 heavy (non-hydrogen) atoms. The summed E-state index contributed by atoms with van der Waals surface area (Å²) in [5.74, 6) is 0.897. The molecule has 0 saturated heterocycles. The maximum absolute atomic E-state index is 5.63. The van der Waals surface area contributed by atoms with Crippen LogP contribution in [0.2, 0.25) is 0 Å². The molecule has 1 unspecified atom stereocenters. The minimum atomic E-state index is 0.178. The number of anilines is 1. The Bertz CT molecular complexity index is 749. The van der Waals surface area contributed by atoms with Crippen LogP contribution in [0, 0.1) is 6.92 Å². The Morgan fingerprint density at radius 2 is 2.00 bits per heavy atom. The van der Waals surface area contributed by atoms with Crippen molar-refractivity contribution in [2.24, 2.45) is 5.73 Å². The largest absolute Gasteiger partial charge is 0.362 e. The summed E-state index contributed by atoms with van der Waals surface area (Å²) in [4.78, 5) is 8.74. The van der Waals surface area contributed by atoms with Crippen molar-refractivity contribution >= 4 is 27.4 Å². The molecule has 3 aromatic rings. The third-order valence-electron chi connectivity index (χ3n) is 3.60. The number of fused-ring (bicyclic) bond motifs is 1. The van der Waals surface area contributed by atoms with Crippen LogP contribution in [-0.4, -0.2) is 9.97 Å². The molecule has 0 aliphatic carbocycles. The summed E-state index contributed by atoms with van der Waals surface area (Å²) in [5, 5.41) is 5.60. The van der Waals surface area contributed by atoms with E-state index in [1.807, 2.05) is 0 Å². The number of benzene rings is 1. The molecule has 0 fully saturated rings. The van der Waals surface area contributed by atoms with E-state index in [0.717, 1.165) is 21.6 Å². The van der Waals surface area contributed by atoms with Gasteiger partial charge < -0.3 is 11.1 Å². The fourth-order valence-corrected chi connectivity index (χ4v) is 3.26. The highest BCUT2D eigenvalue weighted by Crippen LogP contribution is 2.30. The van der Waals surface area contributed by atoms with E-state index in [0.29, 0.717) is 6.54 Å². The maximum Gasteiger partial charge on any atom is 0.147 e. The lowest BCUT2D eigenvalue weighted by Gasteiger charge is -2.15. The maximum atomic E-state index is 5.63. The Morgan fingerprint density at radius 1 is 1.24 bits per heavy atom. The first-order valence-corrected chi connectivity index (χ1v) is 7.81. The normalized spacial score (nSPS) is 12.5. The summed E-state index contributed by atoms with van der Waals surface area (Å²) in [6, 6.07) is 8.53. The van der Waals surface area contributed by atoms with Crippen molar-refractivity contribution in [2.45, 2.75) is 26.4 Å². The number of rotatable bonds is 4. The number of nitrogens with one attached hydrogen (secondary N) is 1. The van der Waals surface area contributed by atoms with Crippen LogP contribution < -0.4 is 11.1 Å². The first-order chi connectivity index (χ1) is 10.2. The van der Waals surface area contributed by atoms with Gasteiger partial charge in [0.15, 0.2) is 0 Å². The van der Waals surface area contributed by atoms with Crippen molar-refractivity contribution in [1.29, 1.82) is 0 Å². The molecule has 0 amide bonds. The second kappa shape index (κ2) is 5.79. The zero-order chi connectivity index (χ0) is 14.8. The van der Waals surface area contributed by atoms with Crippen molar-refractivity contribution < 1.29 is 0 Å². The number of nitrogens with zero attached hydrogens (tertiary/aromatic N) is 2. The fourth-order valence-electron chi connectivity index (χ4n) is 2.30. The molecule has 0 aliphatic rings. The van der Waals surface area contributed by atoms with E-state index in [2.05, 4.69) is 58.8 Å². The van der Waals surface area contributed by atoms with E-state index in [4.69, 9.17) is 5.73 Å². The molecule has 108 valence electrons. The van der Waals surface area contributed by atoms with Crippen LogP contribution in [0.25, 0.3) is 10.2 Å². The average Bonchev–Trinajstić information content (AvgIpc) is 2.90. The van der Waals surface area contributed by atoms with Gasteiger partial charge in [0.2, 0.25) is 0 Å². The summed E-state index contributed by atoms with van der Waals surface area (Å²) in [6.45, 7) is 4.78. The Kier molecular flexibility index (Phi) is 3.86. The molecule has 0 spiro atoms. The lowest BCUT2D eigenvalue weighted by Crippen LogP contribution is -2.08. The second-order valence-electron chi connectivity index (χ2n) is 5.13. The van der Waals surface area contributed by atoms with Gasteiger partial charge in [0.25, 0.3) is 0 Å². The van der Waals surface area contributed by atoms with Crippen LogP contribution in [0.5, 0.6) is 0 Å². The minimum absolute atomic E-state index is 0.178. The molecule has 0 radical (unpaired) electrons. The monoisotopic (exact) mass is 298 g/mol. The summed E-state index contributed by atoms with van der Waals surface area (Å²) >= 11 is 1.68. The van der Waals surface area contributed by atoms with Crippen molar-refractivity contribution in [1.82, 2.24) is 9.97 Å². The Balaban J connectivity index is 1.87. The summed E-state index contributed by atoms with van der Waals surface area (Å²) in [7, 11) is 0. The van der Waals surface area contributed by atoms with E-state index >= 15 is 0 Å². The predicted molar refractivity (Wildman–Crippen MR) is 88.5 cm³/mol. The molecule has 0 bridgehead atoms. The van der Waals surface area contributed by atoms with Crippen molar-refractivity contribution in [3.05, 3.63) is 52.7 Å². The second-order valence-corrected chi connectivity index (χ2v) is 6.01. The quantitative estimate of drug-likeness (QED) is 0.772. The standard InChI is InChI=1S/C16H18N4S/c1-10-8-21-15-14(10)18-9-19-16(15)20-11(2)13-5-3-12(7-17)4-6-13/h3-6,8-9,11H,7,17H2,1-2H3,(H,18,19,20). The number of aryl methyl sites for hydroxylation is 1. The molecular weight excluding hydrogens is 280 g/mol. The van der Waals surface area contributed by atoms with Gasteiger partial charge in [0.05, 0.1) is 10.2 Å². The van der Waals surface area contributed by atoms with E-state index in [1.165, 1.54) is 11.1 Å². The van der Waals surface area contributed by atoms with Gasteiger partial charge >= 0.3 is 0 Å². The summed E-state index contributed by atoms with van der Waals surface area (Å²) < 4.78 is 1.11. The van der Waals surface area contributed by atoms with E-state index < -0.39 is 0 Å². The summed E-state index contributed by atoms with van der Waals surface area (Å²) in [6.07, 6.45) is 1.62. The first kappa shape index (κ1) is 14.0. The Hall–Kier alpha value is -1.98. The minimum Gasteiger partial charge on any atom is -0.362 e. The average molecular weight is 298 g/mol. The molecule has 2 heterocycles. The molecular formula is C16H18N4S. The van der Waals surface area contributed by atoms with Gasteiger partial charge in [-0.3, -0.25) is 0 Å². The van der Waals surface area contributed by atoms with E-state index in [-0.39, 0.29) is 6.04 Å². The van der Waals surface area contributed by atoms with Crippen LogP contribution in [0.4, 0.5) is 5.82 Å². The molecule has 5 heteroatoms. The number of hydrogen-bond donors (Lipinski definition) is 2. The molecule has 3 N–H and O–H groups in total. The SMILES string of the molecule is Cc1csc2c(NC(C)c3ccc(CN)cc3)ncnc12. The molecule has 4 nitrogen and oxygen atoms in total. The highest BCUT2D eigenvalue weighted by Gasteiger charge is 2.11. The molecule has 2 aromatic heterocycles. The van der Waals surface area contributed by atoms with Crippen LogP contribution >= 0.6 is 11.3 Å². The Labute approximate surface area is 128 Å². The van der Waals surface area contributed by atoms with Gasteiger partial charge in [-0.15, -0.1) is 11.3 Å². The Morgan fingerprint density at radius 3 is 2.71 bits per heavy atom. The smallest absolute Gasteiger partial charge is 0.147 e. The molecule has 0 saturated carbocycles. The molecule has 3 rings (SSSR count). The topological polar surface area (TPSA) is 63.8 Å². The third kappa shape index (κ3) is 2.75. The van der Waals surface area contributed by atoms with Crippen LogP contribution in [0.15, 0.2) is 36.0 Å². The van der Waals surface area contributed by atoms with Crippen LogP contribution in [0.1, 0.15) is 29.7 Å². The molecule has 0 aliphatic heterocycles. The summed E-state index contributed by atoms with van der Waals surface area (Å²) in [5.41, 5.74) is 10.2. The lowest BCUT2D eigenvalue weighted by molar-refractivity contribution is 0.874. The van der Waals surface area contributed by atoms with Crippen LogP contribution in [-0.2, 0) is 6.54 Å². The van der Waals surface area contributed by atoms with Gasteiger partial charge in [-0.2, -0.15) is 0 Å². The highest BCUT2D eigenvalue weighted by molar-refractivity contribution is 7.18. The van der Waals surface area contributed by atoms with Crippen molar-refractivity contribution in [2.75, 3.05) is 5.32 Å². The zero-order valence-corrected chi connectivity index (χ0v) is 12.9. The number of aromatic nitrogens is 2. The lowest BCUT2D eigenvalue weighted by atomic mass is 10.1. The van der Waals surface area contributed by atoms with E-state index in [9.17, 15) is 0 Å². The first-order valence-electron chi connectivity index (χ1n) is 6.93. The van der Waals surface area contributed by atoms with Crippen LogP contribution in [0.3, 0.4) is 0 Å². The number of nitrogens with two attached hydrogens (primary N) is 1. The van der Waals surface area contributed by atoms with Gasteiger partial charge in [0, 0.05) is 12.6 Å². The molecule has 1 atom stereocenters. The van der Waals surface area contributed by atoms with Gasteiger partial charge in [0.1, 0.15) is 12.1 Å². The van der Waals surface area contributed by atoms with Gasteiger partial charge in [-0.25, -0.2) is 9.97 Å². The molecule has 1 aromatic carbocycles. The fraction of sp³-hybridized carbons (Fsp3) is 0.250.